The molecule has 7 heteroatoms. The molecular formula is C24H22N6O. The second-order valence-corrected chi connectivity index (χ2v) is 6.46. The number of pyridine rings is 1. The lowest BCUT2D eigenvalue weighted by molar-refractivity contribution is -0.105. The fourth-order valence-electron chi connectivity index (χ4n) is 2.84. The molecular weight excluding hydrogens is 388 g/mol. The fourth-order valence-corrected chi connectivity index (χ4v) is 2.84. The van der Waals surface area contributed by atoms with E-state index in [0.717, 1.165) is 28.7 Å². The fraction of sp³-hybridized carbons (Fsp3) is 0.0833. The van der Waals surface area contributed by atoms with Gasteiger partial charge in [-0.2, -0.15) is 0 Å². The second-order valence-electron chi connectivity index (χ2n) is 6.46. The highest BCUT2D eigenvalue weighted by Crippen LogP contribution is 2.25. The van der Waals surface area contributed by atoms with Crippen LogP contribution in [0.4, 0.5) is 17.2 Å². The zero-order valence-electron chi connectivity index (χ0n) is 17.0. The molecule has 0 aliphatic heterocycles. The average Bonchev–Trinajstić information content (AvgIpc) is 2.81. The standard InChI is InChI=1S/C17H12N4O.C7H10N2/c1-2-12-4-3-5-14(8-12)21-17-15-9-13(20-11-22)6-7-16(15)18-10-19-17;1-8-5-7-3-2-4-9-6-7/h1,3-11H,(H,20,22)(H,18,19,21);2-4,6,8H,5H2,1H3. The van der Waals surface area contributed by atoms with E-state index in [1.54, 1.807) is 12.3 Å². The number of carbonyl (C=O) groups is 1. The number of hydrogen-bond donors (Lipinski definition) is 3. The lowest BCUT2D eigenvalue weighted by atomic mass is 10.2. The van der Waals surface area contributed by atoms with Crippen molar-refractivity contribution >= 4 is 34.5 Å². The van der Waals surface area contributed by atoms with E-state index in [4.69, 9.17) is 6.42 Å². The summed E-state index contributed by atoms with van der Waals surface area (Å²) in [4.78, 5) is 23.0. The molecule has 0 unspecified atom stereocenters. The second kappa shape index (κ2) is 11.0. The predicted molar refractivity (Wildman–Crippen MR) is 124 cm³/mol. The van der Waals surface area contributed by atoms with Gasteiger partial charge in [0, 0.05) is 41.3 Å². The molecule has 0 saturated heterocycles. The summed E-state index contributed by atoms with van der Waals surface area (Å²) in [7, 11) is 1.92. The Morgan fingerprint density at radius 3 is 2.71 bits per heavy atom. The number of hydrogen-bond acceptors (Lipinski definition) is 6. The Labute approximate surface area is 181 Å². The molecule has 1 amide bonds. The molecule has 0 saturated carbocycles. The maximum atomic E-state index is 10.6. The van der Waals surface area contributed by atoms with Gasteiger partial charge in [-0.25, -0.2) is 9.97 Å². The summed E-state index contributed by atoms with van der Waals surface area (Å²) in [5.74, 6) is 3.24. The summed E-state index contributed by atoms with van der Waals surface area (Å²) in [6, 6.07) is 16.9. The summed E-state index contributed by atoms with van der Waals surface area (Å²) in [5, 5.41) is 9.70. The molecule has 0 aliphatic carbocycles. The van der Waals surface area contributed by atoms with Gasteiger partial charge in [0.15, 0.2) is 0 Å². The minimum absolute atomic E-state index is 0.633. The van der Waals surface area contributed by atoms with Crippen LogP contribution in [0.1, 0.15) is 11.1 Å². The third-order valence-electron chi connectivity index (χ3n) is 4.26. The first-order valence-corrected chi connectivity index (χ1v) is 9.55. The maximum absolute atomic E-state index is 10.6. The lowest BCUT2D eigenvalue weighted by Crippen LogP contribution is -2.04. The third kappa shape index (κ3) is 6.10. The monoisotopic (exact) mass is 410 g/mol. The minimum atomic E-state index is 0.633. The van der Waals surface area contributed by atoms with Crippen LogP contribution in [0, 0.1) is 12.3 Å². The van der Waals surface area contributed by atoms with Crippen molar-refractivity contribution in [1.82, 2.24) is 20.3 Å². The van der Waals surface area contributed by atoms with E-state index in [-0.39, 0.29) is 0 Å². The van der Waals surface area contributed by atoms with Crippen LogP contribution in [-0.2, 0) is 11.3 Å². The van der Waals surface area contributed by atoms with Gasteiger partial charge in [0.25, 0.3) is 0 Å². The number of amides is 1. The Balaban J connectivity index is 0.000000254. The van der Waals surface area contributed by atoms with E-state index >= 15 is 0 Å². The molecule has 2 heterocycles. The first kappa shape index (κ1) is 21.4. The summed E-state index contributed by atoms with van der Waals surface area (Å²) >= 11 is 0. The zero-order valence-corrected chi connectivity index (χ0v) is 17.0. The molecule has 4 rings (SSSR count). The van der Waals surface area contributed by atoms with Crippen LogP contribution in [-0.4, -0.2) is 28.4 Å². The van der Waals surface area contributed by atoms with Crippen molar-refractivity contribution in [3.05, 3.63) is 84.4 Å². The van der Waals surface area contributed by atoms with Crippen molar-refractivity contribution in [2.75, 3.05) is 17.7 Å². The normalized spacial score (nSPS) is 9.81. The van der Waals surface area contributed by atoms with Crippen molar-refractivity contribution in [2.45, 2.75) is 6.54 Å². The van der Waals surface area contributed by atoms with Crippen molar-refractivity contribution in [3.8, 4) is 12.3 Å². The van der Waals surface area contributed by atoms with Gasteiger partial charge in [-0.1, -0.05) is 18.1 Å². The van der Waals surface area contributed by atoms with E-state index in [2.05, 4.69) is 36.8 Å². The summed E-state index contributed by atoms with van der Waals surface area (Å²) in [5.41, 5.74) is 4.30. The Bertz CT molecular complexity index is 1190. The molecule has 0 spiro atoms. The van der Waals surface area contributed by atoms with E-state index in [0.29, 0.717) is 17.9 Å². The minimum Gasteiger partial charge on any atom is -0.340 e. The Morgan fingerprint density at radius 1 is 1.06 bits per heavy atom. The Kier molecular flexibility index (Phi) is 7.64. The molecule has 0 fully saturated rings. The highest BCUT2D eigenvalue weighted by molar-refractivity contribution is 5.94. The molecule has 0 radical (unpaired) electrons. The largest absolute Gasteiger partial charge is 0.340 e. The predicted octanol–water partition coefficient (Wildman–Crippen LogP) is 3.72. The van der Waals surface area contributed by atoms with Gasteiger partial charge in [-0.15, -0.1) is 6.42 Å². The highest BCUT2D eigenvalue weighted by atomic mass is 16.1. The number of terminal acetylenes is 1. The first-order valence-electron chi connectivity index (χ1n) is 9.55. The molecule has 3 N–H and O–H groups in total. The number of benzene rings is 2. The van der Waals surface area contributed by atoms with Crippen molar-refractivity contribution < 1.29 is 4.79 Å². The highest BCUT2D eigenvalue weighted by Gasteiger charge is 2.05. The molecule has 154 valence electrons. The summed E-state index contributed by atoms with van der Waals surface area (Å²) < 4.78 is 0. The van der Waals surface area contributed by atoms with Crippen LogP contribution in [0.3, 0.4) is 0 Å². The summed E-state index contributed by atoms with van der Waals surface area (Å²) in [6.45, 7) is 0.897. The quantitative estimate of drug-likeness (QED) is 0.331. The van der Waals surface area contributed by atoms with Gasteiger partial charge in [-0.05, 0) is 55.1 Å². The molecule has 4 aromatic rings. The van der Waals surface area contributed by atoms with Gasteiger partial charge in [0.2, 0.25) is 6.41 Å². The molecule has 0 aliphatic rings. The van der Waals surface area contributed by atoms with Crippen molar-refractivity contribution in [2.24, 2.45) is 0 Å². The molecule has 7 nitrogen and oxygen atoms in total. The number of aromatic nitrogens is 3. The van der Waals surface area contributed by atoms with Crippen LogP contribution in [0.15, 0.2) is 73.3 Å². The number of fused-ring (bicyclic) bond motifs is 1. The Morgan fingerprint density at radius 2 is 1.97 bits per heavy atom. The lowest BCUT2D eigenvalue weighted by Gasteiger charge is -2.09. The SMILES string of the molecule is C#Cc1cccc(Nc2ncnc3ccc(NC=O)cc23)c1.CNCc1cccnc1. The van der Waals surface area contributed by atoms with Gasteiger partial charge in [0.1, 0.15) is 12.1 Å². The van der Waals surface area contributed by atoms with Gasteiger partial charge in [0.05, 0.1) is 5.52 Å². The molecule has 31 heavy (non-hydrogen) atoms. The van der Waals surface area contributed by atoms with E-state index in [1.165, 1.54) is 11.9 Å². The van der Waals surface area contributed by atoms with Gasteiger partial charge < -0.3 is 16.0 Å². The van der Waals surface area contributed by atoms with Crippen LogP contribution in [0.25, 0.3) is 10.9 Å². The molecule has 2 aromatic heterocycles. The molecule has 0 atom stereocenters. The zero-order chi connectivity index (χ0) is 21.9. The van der Waals surface area contributed by atoms with E-state index < -0.39 is 0 Å². The van der Waals surface area contributed by atoms with Gasteiger partial charge in [-0.3, -0.25) is 9.78 Å². The van der Waals surface area contributed by atoms with Crippen LogP contribution in [0.2, 0.25) is 0 Å². The molecule has 0 bridgehead atoms. The number of nitrogens with one attached hydrogen (secondary N) is 3. The summed E-state index contributed by atoms with van der Waals surface area (Å²) in [6.07, 6.45) is 11.2. The number of nitrogens with zero attached hydrogens (tertiary/aromatic N) is 3. The smallest absolute Gasteiger partial charge is 0.211 e. The van der Waals surface area contributed by atoms with Crippen LogP contribution >= 0.6 is 0 Å². The van der Waals surface area contributed by atoms with Gasteiger partial charge >= 0.3 is 0 Å². The Hall–Kier alpha value is -4.28. The molecule has 2 aromatic carbocycles. The average molecular weight is 410 g/mol. The topological polar surface area (TPSA) is 91.8 Å². The van der Waals surface area contributed by atoms with E-state index in [1.807, 2.05) is 61.8 Å². The van der Waals surface area contributed by atoms with Crippen LogP contribution < -0.4 is 16.0 Å². The number of rotatable bonds is 6. The number of anilines is 3. The number of carbonyl (C=O) groups excluding carboxylic acids is 1. The van der Waals surface area contributed by atoms with Crippen molar-refractivity contribution in [1.29, 1.82) is 0 Å². The third-order valence-corrected chi connectivity index (χ3v) is 4.26. The van der Waals surface area contributed by atoms with Crippen molar-refractivity contribution in [3.63, 3.8) is 0 Å². The van der Waals surface area contributed by atoms with E-state index in [9.17, 15) is 4.79 Å². The van der Waals surface area contributed by atoms with Crippen LogP contribution in [0.5, 0.6) is 0 Å². The maximum Gasteiger partial charge on any atom is 0.211 e. The first-order chi connectivity index (χ1) is 15.2.